The number of carbonyl (C=O) groups excluding carboxylic acids is 2. The number of methoxy groups -OCH3 is 1. The van der Waals surface area contributed by atoms with Crippen LogP contribution in [0.4, 0.5) is 11.6 Å². The van der Waals surface area contributed by atoms with Crippen LogP contribution in [0.1, 0.15) is 21.0 Å². The Labute approximate surface area is 159 Å². The monoisotopic (exact) mass is 376 g/mol. The van der Waals surface area contributed by atoms with Crippen LogP contribution >= 0.6 is 0 Å². The second-order valence-electron chi connectivity index (χ2n) is 5.87. The van der Waals surface area contributed by atoms with E-state index in [0.717, 1.165) is 11.0 Å². The molecule has 0 fully saturated rings. The minimum absolute atomic E-state index is 0.0286. The quantitative estimate of drug-likeness (QED) is 0.426. The van der Waals surface area contributed by atoms with Crippen LogP contribution in [0.25, 0.3) is 11.0 Å². The number of imidazole rings is 2. The van der Waals surface area contributed by atoms with E-state index in [2.05, 4.69) is 30.6 Å². The minimum Gasteiger partial charge on any atom is -0.497 e. The van der Waals surface area contributed by atoms with Crippen molar-refractivity contribution in [1.29, 1.82) is 0 Å². The fraction of sp³-hybridized carbons (Fsp3) is 0.0526. The molecular weight excluding hydrogens is 360 g/mol. The van der Waals surface area contributed by atoms with Gasteiger partial charge in [-0.05, 0) is 24.3 Å². The molecule has 4 aromatic rings. The molecule has 2 aromatic heterocycles. The summed E-state index contributed by atoms with van der Waals surface area (Å²) in [5, 5.41) is 5.33. The lowest BCUT2D eigenvalue weighted by molar-refractivity contribution is 0.0985. The number of rotatable bonds is 5. The summed E-state index contributed by atoms with van der Waals surface area (Å²) in [4.78, 5) is 39.1. The van der Waals surface area contributed by atoms with E-state index in [-0.39, 0.29) is 17.3 Å². The lowest BCUT2D eigenvalue weighted by Gasteiger charge is -2.07. The molecule has 0 saturated carbocycles. The molecule has 0 saturated heterocycles. The van der Waals surface area contributed by atoms with Gasteiger partial charge in [0.25, 0.3) is 11.8 Å². The number of aromatic amines is 2. The summed E-state index contributed by atoms with van der Waals surface area (Å²) in [6.45, 7) is 0. The molecule has 0 bridgehead atoms. The Hall–Kier alpha value is -4.14. The van der Waals surface area contributed by atoms with E-state index in [4.69, 9.17) is 4.74 Å². The Morgan fingerprint density at radius 3 is 2.71 bits per heavy atom. The molecule has 0 aliphatic heterocycles. The van der Waals surface area contributed by atoms with Gasteiger partial charge in [0.15, 0.2) is 5.69 Å². The summed E-state index contributed by atoms with van der Waals surface area (Å²) < 4.78 is 5.13. The largest absolute Gasteiger partial charge is 0.497 e. The maximum atomic E-state index is 12.6. The summed E-state index contributed by atoms with van der Waals surface area (Å²) in [5.74, 6) is -0.181. The number of nitrogens with zero attached hydrogens (tertiary/aromatic N) is 2. The van der Waals surface area contributed by atoms with Gasteiger partial charge in [-0.2, -0.15) is 0 Å². The number of amides is 2. The van der Waals surface area contributed by atoms with Crippen molar-refractivity contribution >= 4 is 34.5 Å². The topological polar surface area (TPSA) is 125 Å². The van der Waals surface area contributed by atoms with E-state index in [1.165, 1.54) is 13.4 Å². The Bertz CT molecular complexity index is 1130. The fourth-order valence-corrected chi connectivity index (χ4v) is 2.71. The van der Waals surface area contributed by atoms with E-state index in [9.17, 15) is 9.59 Å². The number of ether oxygens (including phenoxy) is 1. The first-order valence-corrected chi connectivity index (χ1v) is 8.39. The molecular formula is C19H16N6O3. The van der Waals surface area contributed by atoms with Gasteiger partial charge in [0.05, 0.1) is 24.5 Å². The zero-order chi connectivity index (χ0) is 19.5. The van der Waals surface area contributed by atoms with Gasteiger partial charge < -0.3 is 20.0 Å². The number of hydrogen-bond donors (Lipinski definition) is 4. The molecule has 2 aromatic carbocycles. The molecule has 0 unspecified atom stereocenters. The van der Waals surface area contributed by atoms with Crippen LogP contribution in [-0.4, -0.2) is 38.9 Å². The first-order valence-electron chi connectivity index (χ1n) is 8.39. The first-order chi connectivity index (χ1) is 13.6. The lowest BCUT2D eigenvalue weighted by atomic mass is 10.2. The van der Waals surface area contributed by atoms with Crippen LogP contribution in [-0.2, 0) is 0 Å². The molecule has 2 amide bonds. The molecule has 0 radical (unpaired) electrons. The summed E-state index contributed by atoms with van der Waals surface area (Å²) in [6.07, 6.45) is 1.29. The van der Waals surface area contributed by atoms with Crippen molar-refractivity contribution in [3.8, 4) is 5.75 Å². The third-order valence-electron chi connectivity index (χ3n) is 4.03. The third-order valence-corrected chi connectivity index (χ3v) is 4.03. The normalized spacial score (nSPS) is 10.6. The Balaban J connectivity index is 1.52. The number of anilines is 2. The van der Waals surface area contributed by atoms with Gasteiger partial charge in [-0.15, -0.1) is 0 Å². The lowest BCUT2D eigenvalue weighted by Crippen LogP contribution is -2.20. The number of nitrogens with one attached hydrogen (secondary N) is 4. The molecule has 9 nitrogen and oxygen atoms in total. The number of H-pyrrole nitrogens is 2. The molecule has 0 atom stereocenters. The predicted molar refractivity (Wildman–Crippen MR) is 104 cm³/mol. The molecule has 4 N–H and O–H groups in total. The van der Waals surface area contributed by atoms with E-state index < -0.39 is 11.8 Å². The number of hydrogen-bond acceptors (Lipinski definition) is 5. The van der Waals surface area contributed by atoms with Crippen molar-refractivity contribution in [2.45, 2.75) is 0 Å². The van der Waals surface area contributed by atoms with Crippen molar-refractivity contribution in [3.63, 3.8) is 0 Å². The molecule has 0 aliphatic carbocycles. The maximum absolute atomic E-state index is 12.6. The molecule has 2 heterocycles. The highest BCUT2D eigenvalue weighted by atomic mass is 16.5. The number of benzene rings is 2. The van der Waals surface area contributed by atoms with E-state index >= 15 is 0 Å². The number of para-hydroxylation sites is 2. The molecule has 4 rings (SSSR count). The van der Waals surface area contributed by atoms with Crippen LogP contribution in [0.3, 0.4) is 0 Å². The molecule has 9 heteroatoms. The highest BCUT2D eigenvalue weighted by Gasteiger charge is 2.21. The zero-order valence-corrected chi connectivity index (χ0v) is 14.8. The maximum Gasteiger partial charge on any atom is 0.276 e. The standard InChI is InChI=1S/C19H16N6O3/c1-28-12-6-4-5-11(9-12)22-17(26)15-16(21-10-20-15)18(27)25-19-23-13-7-2-3-8-14(13)24-19/h2-10H,1H3,(H,20,21)(H,22,26)(H2,23,24,25,27). The van der Waals surface area contributed by atoms with Crippen LogP contribution in [0, 0.1) is 0 Å². The van der Waals surface area contributed by atoms with E-state index in [1.807, 2.05) is 24.3 Å². The summed E-state index contributed by atoms with van der Waals surface area (Å²) in [5.41, 5.74) is 2.03. The predicted octanol–water partition coefficient (Wildman–Crippen LogP) is 2.80. The van der Waals surface area contributed by atoms with Crippen LogP contribution in [0.2, 0.25) is 0 Å². The van der Waals surface area contributed by atoms with Crippen LogP contribution in [0.15, 0.2) is 54.9 Å². The average molecular weight is 376 g/mol. The third kappa shape index (κ3) is 3.40. The molecule has 28 heavy (non-hydrogen) atoms. The van der Waals surface area contributed by atoms with Crippen LogP contribution < -0.4 is 15.4 Å². The van der Waals surface area contributed by atoms with Crippen molar-refractivity contribution in [1.82, 2.24) is 19.9 Å². The van der Waals surface area contributed by atoms with Gasteiger partial charge in [0.1, 0.15) is 11.4 Å². The van der Waals surface area contributed by atoms with Crippen molar-refractivity contribution < 1.29 is 14.3 Å². The first kappa shape index (κ1) is 17.3. The second-order valence-corrected chi connectivity index (χ2v) is 5.87. The number of aromatic nitrogens is 4. The Kier molecular flexibility index (Phi) is 4.47. The second kappa shape index (κ2) is 7.23. The van der Waals surface area contributed by atoms with Crippen LogP contribution in [0.5, 0.6) is 5.75 Å². The highest BCUT2D eigenvalue weighted by Crippen LogP contribution is 2.18. The SMILES string of the molecule is COc1cccc(NC(=O)c2nc[nH]c2C(=O)Nc2nc3ccccc3[nH]2)c1. The molecule has 0 spiro atoms. The zero-order valence-electron chi connectivity index (χ0n) is 14.8. The molecule has 0 aliphatic rings. The van der Waals surface area contributed by atoms with Crippen molar-refractivity contribution in [2.75, 3.05) is 17.7 Å². The van der Waals surface area contributed by atoms with Gasteiger partial charge in [-0.25, -0.2) is 9.97 Å². The number of carbonyl (C=O) groups is 2. The summed E-state index contributed by atoms with van der Waals surface area (Å²) in [6, 6.07) is 14.3. The average Bonchev–Trinajstić information content (AvgIpc) is 3.34. The van der Waals surface area contributed by atoms with E-state index in [1.54, 1.807) is 24.3 Å². The van der Waals surface area contributed by atoms with Gasteiger partial charge in [0.2, 0.25) is 5.95 Å². The van der Waals surface area contributed by atoms with Gasteiger partial charge in [-0.1, -0.05) is 18.2 Å². The van der Waals surface area contributed by atoms with Gasteiger partial charge >= 0.3 is 0 Å². The Morgan fingerprint density at radius 1 is 1.04 bits per heavy atom. The van der Waals surface area contributed by atoms with Gasteiger partial charge in [-0.3, -0.25) is 14.9 Å². The summed E-state index contributed by atoms with van der Waals surface area (Å²) >= 11 is 0. The van der Waals surface area contributed by atoms with Gasteiger partial charge in [0, 0.05) is 11.8 Å². The molecule has 140 valence electrons. The van der Waals surface area contributed by atoms with Crippen molar-refractivity contribution in [3.05, 3.63) is 66.2 Å². The van der Waals surface area contributed by atoms with Crippen molar-refractivity contribution in [2.24, 2.45) is 0 Å². The summed E-state index contributed by atoms with van der Waals surface area (Å²) in [7, 11) is 1.54. The Morgan fingerprint density at radius 2 is 1.89 bits per heavy atom. The smallest absolute Gasteiger partial charge is 0.276 e. The fourth-order valence-electron chi connectivity index (χ4n) is 2.71. The minimum atomic E-state index is -0.535. The highest BCUT2D eigenvalue weighted by molar-refractivity contribution is 6.13. The van der Waals surface area contributed by atoms with E-state index in [0.29, 0.717) is 11.4 Å². The number of fused-ring (bicyclic) bond motifs is 1.